The van der Waals surface area contributed by atoms with Crippen LogP contribution in [0.15, 0.2) is 6.07 Å². The van der Waals surface area contributed by atoms with Gasteiger partial charge in [-0.25, -0.2) is 4.98 Å². The van der Waals surface area contributed by atoms with Crippen LogP contribution in [0, 0.1) is 12.3 Å². The lowest BCUT2D eigenvalue weighted by molar-refractivity contribution is 0.361. The van der Waals surface area contributed by atoms with Crippen molar-refractivity contribution < 1.29 is 0 Å². The molecule has 1 saturated carbocycles. The van der Waals surface area contributed by atoms with Crippen LogP contribution in [0.25, 0.3) is 0 Å². The van der Waals surface area contributed by atoms with Gasteiger partial charge in [0.1, 0.15) is 5.82 Å². The number of nitrogens with two attached hydrogens (primary N) is 1. The van der Waals surface area contributed by atoms with Gasteiger partial charge in [-0.05, 0) is 25.2 Å². The first-order valence-electron chi connectivity index (χ1n) is 5.92. The van der Waals surface area contributed by atoms with Crippen molar-refractivity contribution in [3.8, 4) is 0 Å². The number of aromatic nitrogens is 2. The number of rotatable bonds is 3. The van der Waals surface area contributed by atoms with Crippen molar-refractivity contribution in [2.45, 2.75) is 39.5 Å². The smallest absolute Gasteiger partial charge is 0.222 e. The van der Waals surface area contributed by atoms with Crippen LogP contribution in [0.5, 0.6) is 0 Å². The molecule has 1 heterocycles. The zero-order chi connectivity index (χ0) is 11.6. The Kier molecular flexibility index (Phi) is 2.99. The normalized spacial score (nSPS) is 18.6. The molecule has 0 unspecified atom stereocenters. The largest absolute Gasteiger partial charge is 0.369 e. The van der Waals surface area contributed by atoms with Crippen LogP contribution in [0.1, 0.15) is 38.3 Å². The van der Waals surface area contributed by atoms with Crippen LogP contribution in [0.2, 0.25) is 0 Å². The van der Waals surface area contributed by atoms with Crippen LogP contribution in [0.4, 0.5) is 11.8 Å². The van der Waals surface area contributed by atoms with Crippen LogP contribution in [-0.4, -0.2) is 16.5 Å². The Hall–Kier alpha value is -1.32. The maximum atomic E-state index is 5.61. The number of nitrogen functional groups attached to an aromatic ring is 1. The summed E-state index contributed by atoms with van der Waals surface area (Å²) in [4.78, 5) is 8.24. The molecule has 0 spiro atoms. The molecule has 4 nitrogen and oxygen atoms in total. The molecule has 16 heavy (non-hydrogen) atoms. The molecule has 1 fully saturated rings. The molecule has 3 N–H and O–H groups in total. The third kappa shape index (κ3) is 2.62. The van der Waals surface area contributed by atoms with Gasteiger partial charge in [0.25, 0.3) is 0 Å². The molecule has 2 rings (SSSR count). The van der Waals surface area contributed by atoms with Gasteiger partial charge in [0.15, 0.2) is 0 Å². The summed E-state index contributed by atoms with van der Waals surface area (Å²) in [5.74, 6) is 1.19. The first-order valence-corrected chi connectivity index (χ1v) is 5.92. The van der Waals surface area contributed by atoms with Crippen molar-refractivity contribution in [1.29, 1.82) is 0 Å². The molecule has 0 amide bonds. The van der Waals surface area contributed by atoms with E-state index in [1.54, 1.807) is 0 Å². The number of aryl methyl sites for hydroxylation is 1. The Morgan fingerprint density at radius 1 is 1.38 bits per heavy atom. The van der Waals surface area contributed by atoms with E-state index in [1.165, 1.54) is 25.7 Å². The van der Waals surface area contributed by atoms with Crippen LogP contribution in [0.3, 0.4) is 0 Å². The van der Waals surface area contributed by atoms with E-state index in [1.807, 2.05) is 13.0 Å². The lowest BCUT2D eigenvalue weighted by Gasteiger charge is -2.24. The number of hydrogen-bond donors (Lipinski definition) is 2. The van der Waals surface area contributed by atoms with Gasteiger partial charge in [0, 0.05) is 18.3 Å². The summed E-state index contributed by atoms with van der Waals surface area (Å²) >= 11 is 0. The average Bonchev–Trinajstić information content (AvgIpc) is 2.62. The molecular weight excluding hydrogens is 200 g/mol. The second-order valence-corrected chi connectivity index (χ2v) is 5.12. The minimum Gasteiger partial charge on any atom is -0.369 e. The molecule has 0 bridgehead atoms. The quantitative estimate of drug-likeness (QED) is 0.820. The van der Waals surface area contributed by atoms with Crippen molar-refractivity contribution in [2.24, 2.45) is 5.41 Å². The molecule has 0 saturated heterocycles. The fourth-order valence-electron chi connectivity index (χ4n) is 2.39. The predicted octanol–water partition coefficient (Wildman–Crippen LogP) is 2.36. The summed E-state index contributed by atoms with van der Waals surface area (Å²) in [6.07, 6.45) is 5.31. The molecule has 0 aromatic carbocycles. The second kappa shape index (κ2) is 4.28. The Labute approximate surface area is 96.7 Å². The average molecular weight is 220 g/mol. The van der Waals surface area contributed by atoms with Gasteiger partial charge in [-0.3, -0.25) is 0 Å². The molecule has 1 aliphatic rings. The van der Waals surface area contributed by atoms with Crippen LogP contribution >= 0.6 is 0 Å². The zero-order valence-electron chi connectivity index (χ0n) is 10.1. The third-order valence-electron chi connectivity index (χ3n) is 3.38. The van der Waals surface area contributed by atoms with E-state index in [4.69, 9.17) is 5.73 Å². The fraction of sp³-hybridized carbons (Fsp3) is 0.667. The highest BCUT2D eigenvalue weighted by atomic mass is 15.1. The SMILES string of the molecule is Cc1cc(NCC2(C)CCCC2)nc(N)n1. The molecule has 1 aromatic heterocycles. The highest BCUT2D eigenvalue weighted by Gasteiger charge is 2.28. The van der Waals surface area contributed by atoms with Gasteiger partial charge < -0.3 is 11.1 Å². The lowest BCUT2D eigenvalue weighted by Crippen LogP contribution is -2.23. The summed E-state index contributed by atoms with van der Waals surface area (Å²) < 4.78 is 0. The van der Waals surface area contributed by atoms with Crippen molar-refractivity contribution in [1.82, 2.24) is 9.97 Å². The highest BCUT2D eigenvalue weighted by Crippen LogP contribution is 2.37. The van der Waals surface area contributed by atoms with E-state index in [-0.39, 0.29) is 0 Å². The van der Waals surface area contributed by atoms with Gasteiger partial charge in [0.2, 0.25) is 5.95 Å². The topological polar surface area (TPSA) is 63.8 Å². The number of hydrogen-bond acceptors (Lipinski definition) is 4. The molecule has 1 aliphatic carbocycles. The number of anilines is 2. The lowest BCUT2D eigenvalue weighted by atomic mass is 9.89. The van der Waals surface area contributed by atoms with E-state index < -0.39 is 0 Å². The molecule has 4 heteroatoms. The molecule has 0 radical (unpaired) electrons. The van der Waals surface area contributed by atoms with Crippen LogP contribution < -0.4 is 11.1 Å². The Bertz CT molecular complexity index is 349. The second-order valence-electron chi connectivity index (χ2n) is 5.12. The molecule has 1 aromatic rings. The summed E-state index contributed by atoms with van der Waals surface area (Å²) in [5.41, 5.74) is 6.95. The van der Waals surface area contributed by atoms with E-state index in [0.717, 1.165) is 18.1 Å². The predicted molar refractivity (Wildman–Crippen MR) is 66.2 cm³/mol. The minimum absolute atomic E-state index is 0.346. The van der Waals surface area contributed by atoms with Crippen LogP contribution in [-0.2, 0) is 0 Å². The maximum absolute atomic E-state index is 5.61. The van der Waals surface area contributed by atoms with Gasteiger partial charge in [0.05, 0.1) is 0 Å². The summed E-state index contributed by atoms with van der Waals surface area (Å²) in [5, 5.41) is 3.38. The molecular formula is C12H20N4. The zero-order valence-corrected chi connectivity index (χ0v) is 10.1. The van der Waals surface area contributed by atoms with E-state index in [9.17, 15) is 0 Å². The van der Waals surface area contributed by atoms with Gasteiger partial charge in [-0.15, -0.1) is 0 Å². The summed E-state index contributed by atoms with van der Waals surface area (Å²) in [6.45, 7) is 5.24. The maximum Gasteiger partial charge on any atom is 0.222 e. The van der Waals surface area contributed by atoms with Gasteiger partial charge in [-0.2, -0.15) is 4.98 Å². The molecule has 88 valence electrons. The number of nitrogens with one attached hydrogen (secondary N) is 1. The Morgan fingerprint density at radius 3 is 2.69 bits per heavy atom. The Morgan fingerprint density at radius 2 is 2.06 bits per heavy atom. The van der Waals surface area contributed by atoms with Crippen molar-refractivity contribution in [3.05, 3.63) is 11.8 Å². The number of nitrogens with zero attached hydrogens (tertiary/aromatic N) is 2. The first kappa shape index (κ1) is 11.2. The third-order valence-corrected chi connectivity index (χ3v) is 3.38. The van der Waals surface area contributed by atoms with Gasteiger partial charge in [-0.1, -0.05) is 19.8 Å². The van der Waals surface area contributed by atoms with E-state index >= 15 is 0 Å². The van der Waals surface area contributed by atoms with Gasteiger partial charge >= 0.3 is 0 Å². The van der Waals surface area contributed by atoms with E-state index in [2.05, 4.69) is 22.2 Å². The van der Waals surface area contributed by atoms with Crippen molar-refractivity contribution in [2.75, 3.05) is 17.6 Å². The fourth-order valence-corrected chi connectivity index (χ4v) is 2.39. The Balaban J connectivity index is 1.98. The van der Waals surface area contributed by atoms with Crippen molar-refractivity contribution in [3.63, 3.8) is 0 Å². The standard InChI is InChI=1S/C12H20N4/c1-9-7-10(16-11(13)15-9)14-8-12(2)5-3-4-6-12/h7H,3-6,8H2,1-2H3,(H3,13,14,15,16). The van der Waals surface area contributed by atoms with Crippen molar-refractivity contribution >= 4 is 11.8 Å². The monoisotopic (exact) mass is 220 g/mol. The molecule has 0 aliphatic heterocycles. The highest BCUT2D eigenvalue weighted by molar-refractivity contribution is 5.40. The van der Waals surface area contributed by atoms with E-state index in [0.29, 0.717) is 11.4 Å². The minimum atomic E-state index is 0.346. The summed E-state index contributed by atoms with van der Waals surface area (Å²) in [7, 11) is 0. The summed E-state index contributed by atoms with van der Waals surface area (Å²) in [6, 6.07) is 1.94. The molecule has 0 atom stereocenters. The first-order chi connectivity index (χ1) is 7.57.